The first kappa shape index (κ1) is 13.4. The van der Waals surface area contributed by atoms with E-state index in [1.165, 1.54) is 0 Å². The number of hydrogen-bond acceptors (Lipinski definition) is 4. The van der Waals surface area contributed by atoms with Gasteiger partial charge in [-0.25, -0.2) is 4.98 Å². The molecule has 0 spiro atoms. The molecule has 2 rings (SSSR count). The van der Waals surface area contributed by atoms with Crippen LogP contribution in [0.5, 0.6) is 0 Å². The summed E-state index contributed by atoms with van der Waals surface area (Å²) >= 11 is 12.0. The third kappa shape index (κ3) is 2.86. The Kier molecular flexibility index (Phi) is 4.28. The summed E-state index contributed by atoms with van der Waals surface area (Å²) in [6, 6.07) is 3.92. The van der Waals surface area contributed by atoms with Crippen LogP contribution in [0.15, 0.2) is 12.3 Å². The van der Waals surface area contributed by atoms with Crippen molar-refractivity contribution in [2.45, 2.75) is 13.0 Å². The Bertz CT molecular complexity index is 464. The van der Waals surface area contributed by atoms with Crippen LogP contribution in [0.25, 0.3) is 0 Å². The maximum Gasteiger partial charge on any atom is 0.147 e. The van der Waals surface area contributed by atoms with Gasteiger partial charge in [-0.3, -0.25) is 4.90 Å². The normalized spacial score (nSPS) is 18.4. The molecule has 1 saturated heterocycles. The first-order valence-corrected chi connectivity index (χ1v) is 6.57. The highest BCUT2D eigenvalue weighted by atomic mass is 35.5. The Morgan fingerprint density at radius 1 is 1.33 bits per heavy atom. The van der Waals surface area contributed by atoms with Gasteiger partial charge in [0.25, 0.3) is 0 Å². The lowest BCUT2D eigenvalue weighted by atomic mass is 10.2. The molecule has 1 aliphatic rings. The molecule has 1 aromatic rings. The van der Waals surface area contributed by atoms with Crippen LogP contribution in [-0.4, -0.2) is 42.1 Å². The van der Waals surface area contributed by atoms with E-state index < -0.39 is 0 Å². The van der Waals surface area contributed by atoms with Gasteiger partial charge in [0.05, 0.1) is 22.2 Å². The van der Waals surface area contributed by atoms with Crippen LogP contribution in [0.4, 0.5) is 5.82 Å². The van der Waals surface area contributed by atoms with Crippen molar-refractivity contribution < 1.29 is 0 Å². The summed E-state index contributed by atoms with van der Waals surface area (Å²) in [6.45, 7) is 5.24. The van der Waals surface area contributed by atoms with Gasteiger partial charge in [-0.05, 0) is 13.0 Å². The van der Waals surface area contributed by atoms with Crippen molar-refractivity contribution in [1.29, 1.82) is 5.26 Å². The Hall–Kier alpha value is -1.02. The Morgan fingerprint density at radius 2 is 2.00 bits per heavy atom. The Morgan fingerprint density at radius 3 is 2.56 bits per heavy atom. The molecule has 1 unspecified atom stereocenters. The zero-order chi connectivity index (χ0) is 13.1. The minimum atomic E-state index is -0.0409. The molecule has 0 bridgehead atoms. The molecule has 0 aliphatic carbocycles. The summed E-state index contributed by atoms with van der Waals surface area (Å²) < 4.78 is 0. The predicted octanol–water partition coefficient (Wildman–Crippen LogP) is 2.42. The molecular formula is C12H14Cl2N4. The highest BCUT2D eigenvalue weighted by molar-refractivity contribution is 6.36. The number of anilines is 1. The molecule has 0 amide bonds. The third-order valence-electron chi connectivity index (χ3n) is 3.14. The fraction of sp³-hybridized carbons (Fsp3) is 0.500. The van der Waals surface area contributed by atoms with Crippen LogP contribution in [0.1, 0.15) is 6.92 Å². The zero-order valence-corrected chi connectivity index (χ0v) is 11.6. The molecule has 0 radical (unpaired) electrons. The lowest BCUT2D eigenvalue weighted by molar-refractivity contribution is 0.231. The minimum absolute atomic E-state index is 0.0409. The van der Waals surface area contributed by atoms with Crippen molar-refractivity contribution in [1.82, 2.24) is 9.88 Å². The van der Waals surface area contributed by atoms with E-state index in [1.54, 1.807) is 12.3 Å². The maximum atomic E-state index is 8.89. The van der Waals surface area contributed by atoms with Gasteiger partial charge in [-0.15, -0.1) is 0 Å². The van der Waals surface area contributed by atoms with E-state index in [9.17, 15) is 0 Å². The fourth-order valence-electron chi connectivity index (χ4n) is 2.04. The zero-order valence-electron chi connectivity index (χ0n) is 10.1. The summed E-state index contributed by atoms with van der Waals surface area (Å²) in [5.74, 6) is 0.769. The van der Waals surface area contributed by atoms with Crippen molar-refractivity contribution in [3.8, 4) is 6.07 Å². The van der Waals surface area contributed by atoms with E-state index in [0.717, 1.165) is 32.0 Å². The largest absolute Gasteiger partial charge is 0.353 e. The summed E-state index contributed by atoms with van der Waals surface area (Å²) in [5, 5.41) is 10.0. The Labute approximate surface area is 117 Å². The second-order valence-electron chi connectivity index (χ2n) is 4.29. The van der Waals surface area contributed by atoms with Crippen molar-refractivity contribution >= 4 is 29.0 Å². The number of piperazine rings is 1. The summed E-state index contributed by atoms with van der Waals surface area (Å²) in [7, 11) is 0. The van der Waals surface area contributed by atoms with Gasteiger partial charge in [0.1, 0.15) is 5.82 Å². The number of pyridine rings is 1. The first-order chi connectivity index (χ1) is 8.61. The van der Waals surface area contributed by atoms with Gasteiger partial charge in [0.15, 0.2) is 0 Å². The molecule has 96 valence electrons. The third-order valence-corrected chi connectivity index (χ3v) is 3.62. The number of aromatic nitrogens is 1. The molecule has 1 atom stereocenters. The second kappa shape index (κ2) is 5.75. The molecule has 4 nitrogen and oxygen atoms in total. The Balaban J connectivity index is 2.04. The SMILES string of the molecule is CC(C#N)N1CCN(c2ncc(Cl)cc2Cl)CC1. The molecular weight excluding hydrogens is 271 g/mol. The van der Waals surface area contributed by atoms with Crippen LogP contribution < -0.4 is 4.90 Å². The highest BCUT2D eigenvalue weighted by Crippen LogP contribution is 2.26. The molecule has 1 aromatic heterocycles. The van der Waals surface area contributed by atoms with Crippen LogP contribution in [0, 0.1) is 11.3 Å². The topological polar surface area (TPSA) is 43.2 Å². The van der Waals surface area contributed by atoms with Gasteiger partial charge >= 0.3 is 0 Å². The van der Waals surface area contributed by atoms with E-state index in [4.69, 9.17) is 28.5 Å². The summed E-state index contributed by atoms with van der Waals surface area (Å²) in [5.41, 5.74) is 0. The molecule has 0 N–H and O–H groups in total. The van der Waals surface area contributed by atoms with E-state index in [-0.39, 0.29) is 6.04 Å². The van der Waals surface area contributed by atoms with Gasteiger partial charge in [-0.1, -0.05) is 23.2 Å². The average molecular weight is 285 g/mol. The van der Waals surface area contributed by atoms with Crippen molar-refractivity contribution in [3.63, 3.8) is 0 Å². The van der Waals surface area contributed by atoms with Crippen molar-refractivity contribution in [3.05, 3.63) is 22.3 Å². The van der Waals surface area contributed by atoms with Crippen molar-refractivity contribution in [2.24, 2.45) is 0 Å². The minimum Gasteiger partial charge on any atom is -0.353 e. The monoisotopic (exact) mass is 284 g/mol. The number of hydrogen-bond donors (Lipinski definition) is 0. The van der Waals surface area contributed by atoms with Crippen LogP contribution in [0.3, 0.4) is 0 Å². The van der Waals surface area contributed by atoms with E-state index in [2.05, 4.69) is 20.9 Å². The second-order valence-corrected chi connectivity index (χ2v) is 5.13. The van der Waals surface area contributed by atoms with Crippen LogP contribution in [0.2, 0.25) is 10.0 Å². The quantitative estimate of drug-likeness (QED) is 0.837. The van der Waals surface area contributed by atoms with Crippen LogP contribution >= 0.6 is 23.2 Å². The van der Waals surface area contributed by atoms with Crippen LogP contribution in [-0.2, 0) is 0 Å². The van der Waals surface area contributed by atoms with Gasteiger partial charge in [-0.2, -0.15) is 5.26 Å². The average Bonchev–Trinajstić information content (AvgIpc) is 2.38. The van der Waals surface area contributed by atoms with E-state index >= 15 is 0 Å². The van der Waals surface area contributed by atoms with Crippen molar-refractivity contribution in [2.75, 3.05) is 31.1 Å². The molecule has 18 heavy (non-hydrogen) atoms. The lowest BCUT2D eigenvalue weighted by Gasteiger charge is -2.36. The number of nitrogens with zero attached hydrogens (tertiary/aromatic N) is 4. The highest BCUT2D eigenvalue weighted by Gasteiger charge is 2.22. The summed E-state index contributed by atoms with van der Waals surface area (Å²) in [4.78, 5) is 8.55. The smallest absolute Gasteiger partial charge is 0.147 e. The maximum absolute atomic E-state index is 8.89. The fourth-order valence-corrected chi connectivity index (χ4v) is 2.54. The lowest BCUT2D eigenvalue weighted by Crippen LogP contribution is -2.49. The molecule has 6 heteroatoms. The summed E-state index contributed by atoms with van der Waals surface area (Å²) in [6.07, 6.45) is 1.60. The number of nitriles is 1. The standard InChI is InChI=1S/C12H14Cl2N4/c1-9(7-15)17-2-4-18(5-3-17)12-11(14)6-10(13)8-16-12/h6,8-9H,2-5H2,1H3. The van der Waals surface area contributed by atoms with Gasteiger partial charge in [0, 0.05) is 32.4 Å². The van der Waals surface area contributed by atoms with E-state index in [0.29, 0.717) is 10.0 Å². The number of rotatable bonds is 2. The predicted molar refractivity (Wildman–Crippen MR) is 73.1 cm³/mol. The van der Waals surface area contributed by atoms with Gasteiger partial charge < -0.3 is 4.90 Å². The van der Waals surface area contributed by atoms with E-state index in [1.807, 2.05) is 6.92 Å². The molecule has 0 aromatic carbocycles. The van der Waals surface area contributed by atoms with Gasteiger partial charge in [0.2, 0.25) is 0 Å². The molecule has 1 fully saturated rings. The molecule has 0 saturated carbocycles. The molecule has 2 heterocycles. The molecule has 1 aliphatic heterocycles. The first-order valence-electron chi connectivity index (χ1n) is 5.81. The number of halogens is 2.